The van der Waals surface area contributed by atoms with Crippen LogP contribution in [0.3, 0.4) is 0 Å². The van der Waals surface area contributed by atoms with Crippen LogP contribution in [0.2, 0.25) is 0 Å². The molecular weight excluding hydrogens is 364 g/mol. The molecule has 1 aliphatic rings. The molecule has 4 rings (SSSR count). The van der Waals surface area contributed by atoms with Gasteiger partial charge >= 0.3 is 0 Å². The van der Waals surface area contributed by atoms with Gasteiger partial charge in [0, 0.05) is 35.9 Å². The van der Waals surface area contributed by atoms with Crippen LogP contribution < -0.4 is 16.4 Å². The zero-order chi connectivity index (χ0) is 20.2. The molecule has 4 N–H and O–H groups in total. The summed E-state index contributed by atoms with van der Waals surface area (Å²) in [4.78, 5) is 23.3. The molecule has 1 fully saturated rings. The van der Waals surface area contributed by atoms with Crippen molar-refractivity contribution in [1.29, 1.82) is 0 Å². The number of carbonyl (C=O) groups is 1. The largest absolute Gasteiger partial charge is 0.383 e. The molecule has 7 heteroatoms. The molecule has 0 aliphatic carbocycles. The van der Waals surface area contributed by atoms with Gasteiger partial charge in [-0.3, -0.25) is 4.79 Å². The van der Waals surface area contributed by atoms with Crippen LogP contribution >= 0.6 is 0 Å². The highest BCUT2D eigenvalue weighted by Gasteiger charge is 2.19. The summed E-state index contributed by atoms with van der Waals surface area (Å²) in [5.74, 6) is 1.17. The summed E-state index contributed by atoms with van der Waals surface area (Å²) < 4.78 is 0. The van der Waals surface area contributed by atoms with Gasteiger partial charge in [-0.05, 0) is 68.2 Å². The third kappa shape index (κ3) is 4.63. The minimum absolute atomic E-state index is 0.0429. The number of hydrogen-bond donors (Lipinski definition) is 3. The SMILES string of the molecule is CN1CCC(NC(=O)c2ccnc(NCc3ccc4c(N)nccc4c3)c2)CC1. The first-order chi connectivity index (χ1) is 14.1. The number of nitrogen functional groups attached to an aromatic ring is 1. The van der Waals surface area contributed by atoms with Crippen molar-refractivity contribution in [2.75, 3.05) is 31.2 Å². The van der Waals surface area contributed by atoms with E-state index in [0.717, 1.165) is 42.3 Å². The highest BCUT2D eigenvalue weighted by Crippen LogP contribution is 2.20. The highest BCUT2D eigenvalue weighted by atomic mass is 16.1. The first-order valence-corrected chi connectivity index (χ1v) is 9.91. The Hall–Kier alpha value is -3.19. The molecule has 0 bridgehead atoms. The van der Waals surface area contributed by atoms with E-state index in [1.165, 1.54) is 0 Å². The van der Waals surface area contributed by atoms with Gasteiger partial charge in [0.2, 0.25) is 0 Å². The number of fused-ring (bicyclic) bond motifs is 1. The summed E-state index contributed by atoms with van der Waals surface area (Å²) in [6.45, 7) is 2.63. The fraction of sp³-hybridized carbons (Fsp3) is 0.318. The average molecular weight is 390 g/mol. The normalized spacial score (nSPS) is 15.3. The van der Waals surface area contributed by atoms with Crippen LogP contribution in [0.1, 0.15) is 28.8 Å². The van der Waals surface area contributed by atoms with Gasteiger partial charge in [0.25, 0.3) is 5.91 Å². The number of nitrogens with two attached hydrogens (primary N) is 1. The molecule has 0 unspecified atom stereocenters. The van der Waals surface area contributed by atoms with Crippen LogP contribution in [0, 0.1) is 0 Å². The van der Waals surface area contributed by atoms with E-state index in [4.69, 9.17) is 5.73 Å². The number of piperidine rings is 1. The number of rotatable bonds is 5. The van der Waals surface area contributed by atoms with E-state index < -0.39 is 0 Å². The molecule has 3 heterocycles. The van der Waals surface area contributed by atoms with E-state index in [2.05, 4.69) is 38.6 Å². The van der Waals surface area contributed by atoms with Crippen molar-refractivity contribution in [3.63, 3.8) is 0 Å². The van der Waals surface area contributed by atoms with Crippen molar-refractivity contribution in [1.82, 2.24) is 20.2 Å². The van der Waals surface area contributed by atoms with E-state index in [-0.39, 0.29) is 11.9 Å². The van der Waals surface area contributed by atoms with Crippen LogP contribution in [0.4, 0.5) is 11.6 Å². The standard InChI is InChI=1S/C22H26N6O/c1-28-10-6-18(7-11-28)27-22(29)17-5-8-24-20(13-17)26-14-15-2-3-19-16(12-15)4-9-25-21(19)23/h2-5,8-9,12-13,18H,6-7,10-11,14H2,1H3,(H2,23,25)(H,24,26)(H,27,29). The molecule has 2 aromatic heterocycles. The third-order valence-electron chi connectivity index (χ3n) is 5.41. The Bertz CT molecular complexity index is 1010. The summed E-state index contributed by atoms with van der Waals surface area (Å²) in [7, 11) is 2.11. The molecule has 0 atom stereocenters. The van der Waals surface area contributed by atoms with Crippen LogP contribution in [0.5, 0.6) is 0 Å². The Balaban J connectivity index is 1.39. The number of nitrogens with zero attached hydrogens (tertiary/aromatic N) is 3. The molecule has 3 aromatic rings. The second kappa shape index (κ2) is 8.45. The Kier molecular flexibility index (Phi) is 5.57. The molecule has 0 saturated carbocycles. The lowest BCUT2D eigenvalue weighted by Gasteiger charge is -2.29. The Morgan fingerprint density at radius 1 is 1.14 bits per heavy atom. The lowest BCUT2D eigenvalue weighted by atomic mass is 10.1. The third-order valence-corrected chi connectivity index (χ3v) is 5.41. The van der Waals surface area contributed by atoms with Gasteiger partial charge < -0.3 is 21.3 Å². The van der Waals surface area contributed by atoms with Gasteiger partial charge in [0.15, 0.2) is 0 Å². The molecule has 29 heavy (non-hydrogen) atoms. The minimum Gasteiger partial charge on any atom is -0.383 e. The number of nitrogens with one attached hydrogen (secondary N) is 2. The second-order valence-corrected chi connectivity index (χ2v) is 7.59. The lowest BCUT2D eigenvalue weighted by molar-refractivity contribution is 0.0917. The number of carbonyl (C=O) groups excluding carboxylic acids is 1. The summed E-state index contributed by atoms with van der Waals surface area (Å²) in [6.07, 6.45) is 5.35. The summed E-state index contributed by atoms with van der Waals surface area (Å²) >= 11 is 0. The summed E-state index contributed by atoms with van der Waals surface area (Å²) in [5, 5.41) is 8.44. The molecule has 1 amide bonds. The number of anilines is 2. The fourth-order valence-electron chi connectivity index (χ4n) is 3.64. The Labute approximate surface area is 170 Å². The monoisotopic (exact) mass is 390 g/mol. The van der Waals surface area contributed by atoms with Crippen molar-refractivity contribution in [2.24, 2.45) is 0 Å². The quantitative estimate of drug-likeness (QED) is 0.620. The number of amides is 1. The average Bonchev–Trinajstić information content (AvgIpc) is 2.74. The van der Waals surface area contributed by atoms with Crippen LogP contribution in [-0.2, 0) is 6.54 Å². The van der Waals surface area contributed by atoms with Crippen molar-refractivity contribution in [3.05, 3.63) is 59.9 Å². The van der Waals surface area contributed by atoms with Gasteiger partial charge in [0.1, 0.15) is 11.6 Å². The maximum atomic E-state index is 12.6. The van der Waals surface area contributed by atoms with E-state index >= 15 is 0 Å². The maximum Gasteiger partial charge on any atom is 0.251 e. The van der Waals surface area contributed by atoms with E-state index in [1.54, 1.807) is 24.5 Å². The zero-order valence-electron chi connectivity index (χ0n) is 16.6. The van der Waals surface area contributed by atoms with Gasteiger partial charge in [0.05, 0.1) is 0 Å². The number of pyridine rings is 2. The predicted octanol–water partition coefficient (Wildman–Crippen LogP) is 2.65. The first-order valence-electron chi connectivity index (χ1n) is 9.91. The maximum absolute atomic E-state index is 12.6. The molecule has 7 nitrogen and oxygen atoms in total. The molecule has 0 radical (unpaired) electrons. The molecule has 1 aromatic carbocycles. The van der Waals surface area contributed by atoms with Gasteiger partial charge in [-0.1, -0.05) is 12.1 Å². The summed E-state index contributed by atoms with van der Waals surface area (Å²) in [5.41, 5.74) is 7.64. The van der Waals surface area contributed by atoms with Crippen LogP contribution in [0.25, 0.3) is 10.8 Å². The molecule has 1 aliphatic heterocycles. The summed E-state index contributed by atoms with van der Waals surface area (Å²) in [6, 6.07) is 11.8. The van der Waals surface area contributed by atoms with Crippen molar-refractivity contribution in [2.45, 2.75) is 25.4 Å². The Morgan fingerprint density at radius 2 is 1.93 bits per heavy atom. The molecular formula is C22H26N6O. The number of likely N-dealkylation sites (tertiary alicyclic amines) is 1. The molecule has 1 saturated heterocycles. The fourth-order valence-corrected chi connectivity index (χ4v) is 3.64. The van der Waals surface area contributed by atoms with E-state index in [0.29, 0.717) is 23.7 Å². The minimum atomic E-state index is -0.0429. The zero-order valence-corrected chi connectivity index (χ0v) is 16.6. The second-order valence-electron chi connectivity index (χ2n) is 7.59. The topological polar surface area (TPSA) is 96.2 Å². The van der Waals surface area contributed by atoms with Crippen molar-refractivity contribution >= 4 is 28.3 Å². The lowest BCUT2D eigenvalue weighted by Crippen LogP contribution is -2.43. The smallest absolute Gasteiger partial charge is 0.251 e. The first kappa shape index (κ1) is 19.1. The van der Waals surface area contributed by atoms with Gasteiger partial charge in [-0.15, -0.1) is 0 Å². The van der Waals surface area contributed by atoms with Crippen LogP contribution in [-0.4, -0.2) is 47.0 Å². The number of hydrogen-bond acceptors (Lipinski definition) is 6. The van der Waals surface area contributed by atoms with E-state index in [1.807, 2.05) is 18.2 Å². The number of aromatic nitrogens is 2. The van der Waals surface area contributed by atoms with Gasteiger partial charge in [-0.2, -0.15) is 0 Å². The molecule has 150 valence electrons. The van der Waals surface area contributed by atoms with Gasteiger partial charge in [-0.25, -0.2) is 9.97 Å². The number of benzene rings is 1. The molecule has 0 spiro atoms. The Morgan fingerprint density at radius 3 is 2.76 bits per heavy atom. The highest BCUT2D eigenvalue weighted by molar-refractivity contribution is 5.95. The van der Waals surface area contributed by atoms with Crippen molar-refractivity contribution < 1.29 is 4.79 Å². The predicted molar refractivity (Wildman–Crippen MR) is 116 cm³/mol. The van der Waals surface area contributed by atoms with Crippen molar-refractivity contribution in [3.8, 4) is 0 Å². The van der Waals surface area contributed by atoms with Crippen LogP contribution in [0.15, 0.2) is 48.8 Å². The van der Waals surface area contributed by atoms with E-state index in [9.17, 15) is 4.79 Å².